The normalized spacial score (nSPS) is 11.4. The predicted octanol–water partition coefficient (Wildman–Crippen LogP) is 3.28. The van der Waals surface area contributed by atoms with E-state index >= 15 is 0 Å². The highest BCUT2D eigenvalue weighted by atomic mass is 19.4. The lowest BCUT2D eigenvalue weighted by molar-refractivity contribution is -0.137. The fraction of sp³-hybridized carbons (Fsp3) is 0.167. The maximum Gasteiger partial charge on any atom is 0.416 e. The summed E-state index contributed by atoms with van der Waals surface area (Å²) < 4.78 is 37.4. The lowest BCUT2D eigenvalue weighted by atomic mass is 10.2. The second-order valence-corrected chi connectivity index (χ2v) is 5.51. The van der Waals surface area contributed by atoms with E-state index in [9.17, 15) is 27.9 Å². The van der Waals surface area contributed by atoms with Gasteiger partial charge in [0.05, 0.1) is 11.8 Å². The van der Waals surface area contributed by atoms with Crippen molar-refractivity contribution in [2.75, 3.05) is 5.32 Å². The number of amides is 2. The van der Waals surface area contributed by atoms with Crippen molar-refractivity contribution in [1.82, 2.24) is 5.43 Å². The SMILES string of the molecule is O=C(CCC(=O)Nc1ccc(C(F)(F)F)cc1)NN=Cc1cccc(O)c1. The number of carbonyl (C=O) groups is 2. The van der Waals surface area contributed by atoms with Crippen LogP contribution >= 0.6 is 0 Å². The molecule has 0 spiro atoms. The van der Waals surface area contributed by atoms with Gasteiger partial charge in [-0.05, 0) is 42.0 Å². The number of anilines is 1. The van der Waals surface area contributed by atoms with Crippen LogP contribution in [0.25, 0.3) is 0 Å². The van der Waals surface area contributed by atoms with Crippen LogP contribution in [0, 0.1) is 0 Å². The first kappa shape index (κ1) is 20.0. The Hall–Kier alpha value is -3.36. The molecule has 3 N–H and O–H groups in total. The van der Waals surface area contributed by atoms with E-state index in [4.69, 9.17) is 0 Å². The predicted molar refractivity (Wildman–Crippen MR) is 93.2 cm³/mol. The van der Waals surface area contributed by atoms with Gasteiger partial charge in [0.15, 0.2) is 0 Å². The van der Waals surface area contributed by atoms with Crippen LogP contribution < -0.4 is 10.7 Å². The van der Waals surface area contributed by atoms with Gasteiger partial charge in [0.2, 0.25) is 11.8 Å². The molecule has 2 aromatic rings. The number of hydrogen-bond acceptors (Lipinski definition) is 4. The molecular formula is C18H16F3N3O3. The summed E-state index contributed by atoms with van der Waals surface area (Å²) >= 11 is 0. The van der Waals surface area contributed by atoms with Gasteiger partial charge in [-0.15, -0.1) is 0 Å². The van der Waals surface area contributed by atoms with Gasteiger partial charge in [-0.2, -0.15) is 18.3 Å². The number of benzene rings is 2. The standard InChI is InChI=1S/C18H16F3N3O3/c19-18(20,21)13-4-6-14(7-5-13)23-16(26)8-9-17(27)24-22-11-12-2-1-3-15(25)10-12/h1-7,10-11,25H,8-9H2,(H,23,26)(H,24,27). The zero-order valence-corrected chi connectivity index (χ0v) is 14.0. The van der Waals surface area contributed by atoms with Crippen LogP contribution in [0.5, 0.6) is 5.75 Å². The molecule has 0 atom stereocenters. The maximum absolute atomic E-state index is 12.5. The molecule has 0 aliphatic heterocycles. The number of rotatable bonds is 6. The van der Waals surface area contributed by atoms with Gasteiger partial charge < -0.3 is 10.4 Å². The van der Waals surface area contributed by atoms with Crippen molar-refractivity contribution in [3.63, 3.8) is 0 Å². The van der Waals surface area contributed by atoms with E-state index in [-0.39, 0.29) is 24.3 Å². The number of aromatic hydroxyl groups is 1. The van der Waals surface area contributed by atoms with Crippen LogP contribution in [0.15, 0.2) is 53.6 Å². The van der Waals surface area contributed by atoms with Crippen LogP contribution in [-0.2, 0) is 15.8 Å². The van der Waals surface area contributed by atoms with Crippen LogP contribution in [0.4, 0.5) is 18.9 Å². The Morgan fingerprint density at radius 2 is 1.70 bits per heavy atom. The number of phenolic OH excluding ortho intramolecular Hbond substituents is 1. The molecule has 0 aromatic heterocycles. The number of halogens is 3. The molecule has 0 fully saturated rings. The molecule has 0 bridgehead atoms. The molecule has 27 heavy (non-hydrogen) atoms. The monoisotopic (exact) mass is 379 g/mol. The Morgan fingerprint density at radius 3 is 2.33 bits per heavy atom. The second-order valence-electron chi connectivity index (χ2n) is 5.51. The van der Waals surface area contributed by atoms with Crippen molar-refractivity contribution in [3.05, 3.63) is 59.7 Å². The lowest BCUT2D eigenvalue weighted by Crippen LogP contribution is -2.20. The molecule has 6 nitrogen and oxygen atoms in total. The molecule has 2 amide bonds. The number of phenols is 1. The molecule has 0 aliphatic rings. The Kier molecular flexibility index (Phi) is 6.53. The average molecular weight is 379 g/mol. The molecule has 0 aliphatic carbocycles. The molecule has 0 saturated heterocycles. The lowest BCUT2D eigenvalue weighted by Gasteiger charge is -2.08. The minimum atomic E-state index is -4.44. The molecule has 0 saturated carbocycles. The molecule has 0 heterocycles. The topological polar surface area (TPSA) is 90.8 Å². The van der Waals surface area contributed by atoms with E-state index in [1.807, 2.05) is 0 Å². The van der Waals surface area contributed by atoms with Crippen molar-refractivity contribution in [3.8, 4) is 5.75 Å². The molecule has 2 rings (SSSR count). The van der Waals surface area contributed by atoms with Gasteiger partial charge >= 0.3 is 6.18 Å². The van der Waals surface area contributed by atoms with Crippen molar-refractivity contribution in [2.24, 2.45) is 5.10 Å². The summed E-state index contributed by atoms with van der Waals surface area (Å²) in [5, 5.41) is 15.4. The molecule has 142 valence electrons. The first-order valence-corrected chi connectivity index (χ1v) is 7.82. The Bertz CT molecular complexity index is 834. The number of alkyl halides is 3. The van der Waals surface area contributed by atoms with Gasteiger partial charge in [0.1, 0.15) is 5.75 Å². The summed E-state index contributed by atoms with van der Waals surface area (Å²) in [5.41, 5.74) is 2.21. The fourth-order valence-corrected chi connectivity index (χ4v) is 2.03. The molecular weight excluding hydrogens is 363 g/mol. The number of nitrogens with zero attached hydrogens (tertiary/aromatic N) is 1. The van der Waals surface area contributed by atoms with E-state index in [1.165, 1.54) is 18.3 Å². The number of nitrogens with one attached hydrogen (secondary N) is 2. The molecule has 2 aromatic carbocycles. The number of carbonyl (C=O) groups excluding carboxylic acids is 2. The minimum absolute atomic E-state index is 0.0604. The van der Waals surface area contributed by atoms with Gasteiger partial charge in [-0.1, -0.05) is 12.1 Å². The summed E-state index contributed by atoms with van der Waals surface area (Å²) in [6.45, 7) is 0. The molecule has 0 unspecified atom stereocenters. The van der Waals surface area contributed by atoms with Crippen molar-refractivity contribution in [1.29, 1.82) is 0 Å². The van der Waals surface area contributed by atoms with Crippen LogP contribution in [0.2, 0.25) is 0 Å². The van der Waals surface area contributed by atoms with E-state index < -0.39 is 23.6 Å². The summed E-state index contributed by atoms with van der Waals surface area (Å²) in [5.74, 6) is -0.957. The fourth-order valence-electron chi connectivity index (χ4n) is 2.03. The van der Waals surface area contributed by atoms with Crippen molar-refractivity contribution < 1.29 is 27.9 Å². The maximum atomic E-state index is 12.5. The first-order chi connectivity index (χ1) is 12.7. The highest BCUT2D eigenvalue weighted by Gasteiger charge is 2.29. The molecule has 9 heteroatoms. The van der Waals surface area contributed by atoms with Crippen LogP contribution in [0.3, 0.4) is 0 Å². The molecule has 0 radical (unpaired) electrons. The number of hydrazone groups is 1. The van der Waals surface area contributed by atoms with Crippen molar-refractivity contribution >= 4 is 23.7 Å². The summed E-state index contributed by atoms with van der Waals surface area (Å²) in [6.07, 6.45) is -3.42. The quantitative estimate of drug-likeness (QED) is 0.531. The van der Waals surface area contributed by atoms with E-state index in [0.717, 1.165) is 24.3 Å². The van der Waals surface area contributed by atoms with E-state index in [1.54, 1.807) is 12.1 Å². The summed E-state index contributed by atoms with van der Waals surface area (Å²) in [6, 6.07) is 10.2. The van der Waals surface area contributed by atoms with Crippen LogP contribution in [0.1, 0.15) is 24.0 Å². The summed E-state index contributed by atoms with van der Waals surface area (Å²) in [7, 11) is 0. The Labute approximate surface area is 152 Å². The number of hydrogen-bond donors (Lipinski definition) is 3. The largest absolute Gasteiger partial charge is 0.508 e. The highest BCUT2D eigenvalue weighted by Crippen LogP contribution is 2.29. The van der Waals surface area contributed by atoms with Crippen LogP contribution in [-0.4, -0.2) is 23.1 Å². The van der Waals surface area contributed by atoms with E-state index in [2.05, 4.69) is 15.8 Å². The van der Waals surface area contributed by atoms with Crippen molar-refractivity contribution in [2.45, 2.75) is 19.0 Å². The minimum Gasteiger partial charge on any atom is -0.508 e. The van der Waals surface area contributed by atoms with E-state index in [0.29, 0.717) is 5.56 Å². The Balaban J connectivity index is 1.75. The van der Waals surface area contributed by atoms with Gasteiger partial charge in [0, 0.05) is 18.5 Å². The highest BCUT2D eigenvalue weighted by molar-refractivity contribution is 5.93. The smallest absolute Gasteiger partial charge is 0.416 e. The second kappa shape index (κ2) is 8.84. The zero-order valence-electron chi connectivity index (χ0n) is 14.0. The van der Waals surface area contributed by atoms with Gasteiger partial charge in [-0.3, -0.25) is 9.59 Å². The third kappa shape index (κ3) is 6.81. The zero-order chi connectivity index (χ0) is 19.9. The Morgan fingerprint density at radius 1 is 1.04 bits per heavy atom. The first-order valence-electron chi connectivity index (χ1n) is 7.82. The average Bonchev–Trinajstić information content (AvgIpc) is 2.60. The summed E-state index contributed by atoms with van der Waals surface area (Å²) in [4.78, 5) is 23.4. The van der Waals surface area contributed by atoms with Gasteiger partial charge in [0.25, 0.3) is 0 Å². The van der Waals surface area contributed by atoms with Gasteiger partial charge in [-0.25, -0.2) is 5.43 Å². The third-order valence-electron chi connectivity index (χ3n) is 3.35. The third-order valence-corrected chi connectivity index (χ3v) is 3.35.